The Kier molecular flexibility index (Phi) is 3.41. The van der Waals surface area contributed by atoms with Crippen LogP contribution in [-0.2, 0) is 0 Å². The van der Waals surface area contributed by atoms with Crippen LogP contribution in [-0.4, -0.2) is 20.7 Å². The maximum atomic E-state index is 9.41. The quantitative estimate of drug-likeness (QED) is 0.872. The van der Waals surface area contributed by atoms with Gasteiger partial charge in [0.2, 0.25) is 5.16 Å². The molecule has 1 aromatic carbocycles. The summed E-state index contributed by atoms with van der Waals surface area (Å²) in [4.78, 5) is 0.682. The van der Waals surface area contributed by atoms with E-state index in [1.54, 1.807) is 19.1 Å². The molecule has 0 unspecified atom stereocenters. The van der Waals surface area contributed by atoms with Crippen LogP contribution in [0.1, 0.15) is 11.4 Å². The molecule has 0 atom stereocenters. The van der Waals surface area contributed by atoms with Gasteiger partial charge < -0.3 is 5.73 Å². The van der Waals surface area contributed by atoms with Crippen molar-refractivity contribution in [2.75, 3.05) is 0 Å². The average molecular weight is 317 g/mol. The molecule has 0 saturated carbocycles. The lowest BCUT2D eigenvalue weighted by molar-refractivity contribution is 0.742. The number of aromatic nitrogens is 3. The minimum Gasteiger partial charge on any atom is -0.381 e. The van der Waals surface area contributed by atoms with Gasteiger partial charge in [0.25, 0.3) is 0 Å². The fourth-order valence-corrected chi connectivity index (χ4v) is 3.00. The van der Waals surface area contributed by atoms with Crippen LogP contribution in [0.4, 0.5) is 0 Å². The molecule has 0 radical (unpaired) electrons. The Hall–Kier alpha value is -2.30. The standard InChI is InChI=1S/C13H9ClN6S/c1-7-17-18-13-20(7)19-12(16)10(6-15)11(21-13)8-2-4-9(14)5-3-8/h2-5H,1H3,(H2,16,19). The summed E-state index contributed by atoms with van der Waals surface area (Å²) in [5.41, 5.74) is 7.08. The lowest BCUT2D eigenvalue weighted by Crippen LogP contribution is -2.16. The first-order chi connectivity index (χ1) is 10.1. The number of rotatable bonds is 1. The average Bonchev–Trinajstić information content (AvgIpc) is 2.73. The molecular formula is C13H9ClN6S. The molecule has 2 aromatic rings. The third-order valence-electron chi connectivity index (χ3n) is 2.87. The highest BCUT2D eigenvalue weighted by atomic mass is 35.5. The number of benzene rings is 1. The minimum atomic E-state index is 0.136. The summed E-state index contributed by atoms with van der Waals surface area (Å²) in [5, 5.41) is 22.8. The molecule has 0 aliphatic carbocycles. The molecule has 2 N–H and O–H groups in total. The van der Waals surface area contributed by atoms with Crippen molar-refractivity contribution >= 4 is 34.1 Å². The first-order valence-corrected chi connectivity index (χ1v) is 7.14. The molecule has 0 bridgehead atoms. The monoisotopic (exact) mass is 316 g/mol. The second-order valence-electron chi connectivity index (χ2n) is 4.25. The molecule has 1 aliphatic heterocycles. The summed E-state index contributed by atoms with van der Waals surface area (Å²) in [6.07, 6.45) is 0. The molecule has 0 saturated heterocycles. The van der Waals surface area contributed by atoms with Gasteiger partial charge in [-0.2, -0.15) is 9.94 Å². The van der Waals surface area contributed by atoms with Gasteiger partial charge in [0.15, 0.2) is 11.7 Å². The summed E-state index contributed by atoms with van der Waals surface area (Å²) in [6.45, 7) is 1.77. The van der Waals surface area contributed by atoms with Gasteiger partial charge in [-0.1, -0.05) is 23.7 Å². The fraction of sp³-hybridized carbons (Fsp3) is 0.0769. The van der Waals surface area contributed by atoms with Crippen molar-refractivity contribution in [3.63, 3.8) is 0 Å². The van der Waals surface area contributed by atoms with Crippen molar-refractivity contribution in [1.82, 2.24) is 14.9 Å². The number of nitrogens with zero attached hydrogens (tertiary/aromatic N) is 5. The second-order valence-corrected chi connectivity index (χ2v) is 5.67. The molecule has 8 heteroatoms. The summed E-state index contributed by atoms with van der Waals surface area (Å²) in [6, 6.07) is 9.28. The van der Waals surface area contributed by atoms with Gasteiger partial charge in [-0.15, -0.1) is 15.3 Å². The van der Waals surface area contributed by atoms with Crippen molar-refractivity contribution < 1.29 is 0 Å². The molecule has 0 spiro atoms. The SMILES string of the molecule is Cc1nnc2n1N=C(N)C(C#N)=C(c1ccc(Cl)cc1)S2. The van der Waals surface area contributed by atoms with Crippen molar-refractivity contribution in [2.45, 2.75) is 12.1 Å². The van der Waals surface area contributed by atoms with E-state index in [1.807, 2.05) is 12.1 Å². The van der Waals surface area contributed by atoms with E-state index < -0.39 is 0 Å². The Morgan fingerprint density at radius 2 is 2.00 bits per heavy atom. The Labute approximate surface area is 129 Å². The summed E-state index contributed by atoms with van der Waals surface area (Å²) in [5.74, 6) is 0.742. The Morgan fingerprint density at radius 3 is 2.67 bits per heavy atom. The predicted molar refractivity (Wildman–Crippen MR) is 81.6 cm³/mol. The van der Waals surface area contributed by atoms with Gasteiger partial charge in [0.05, 0.1) is 0 Å². The van der Waals surface area contributed by atoms with Crippen LogP contribution < -0.4 is 5.73 Å². The number of hydrogen-bond donors (Lipinski definition) is 1. The van der Waals surface area contributed by atoms with Crippen molar-refractivity contribution in [1.29, 1.82) is 5.26 Å². The van der Waals surface area contributed by atoms with E-state index in [1.165, 1.54) is 16.4 Å². The number of nitrogens with two attached hydrogens (primary N) is 1. The summed E-state index contributed by atoms with van der Waals surface area (Å²) < 4.78 is 1.53. The van der Waals surface area contributed by atoms with E-state index in [0.717, 1.165) is 5.56 Å². The van der Waals surface area contributed by atoms with Crippen LogP contribution in [0, 0.1) is 18.3 Å². The molecular weight excluding hydrogens is 308 g/mol. The molecule has 2 heterocycles. The van der Waals surface area contributed by atoms with E-state index in [4.69, 9.17) is 17.3 Å². The highest BCUT2D eigenvalue weighted by Gasteiger charge is 2.22. The molecule has 0 amide bonds. The number of halogens is 1. The Bertz CT molecular complexity index is 812. The number of nitriles is 1. The van der Waals surface area contributed by atoms with Crippen LogP contribution in [0.15, 0.2) is 40.1 Å². The van der Waals surface area contributed by atoms with Crippen LogP contribution in [0.5, 0.6) is 0 Å². The Balaban J connectivity index is 2.20. The normalized spacial score (nSPS) is 14.2. The lowest BCUT2D eigenvalue weighted by atomic mass is 10.1. The third-order valence-corrected chi connectivity index (χ3v) is 4.20. The fourth-order valence-electron chi connectivity index (χ4n) is 1.85. The predicted octanol–water partition coefficient (Wildman–Crippen LogP) is 2.40. The zero-order valence-electron chi connectivity index (χ0n) is 10.9. The molecule has 6 nitrogen and oxygen atoms in total. The second kappa shape index (κ2) is 5.24. The van der Waals surface area contributed by atoms with Crippen molar-refractivity contribution in [3.05, 3.63) is 46.2 Å². The number of hydrogen-bond acceptors (Lipinski definition) is 6. The molecule has 1 aliphatic rings. The highest BCUT2D eigenvalue weighted by Crippen LogP contribution is 2.38. The smallest absolute Gasteiger partial charge is 0.216 e. The van der Waals surface area contributed by atoms with Gasteiger partial charge in [-0.25, -0.2) is 0 Å². The first-order valence-electron chi connectivity index (χ1n) is 5.95. The third kappa shape index (κ3) is 2.39. The lowest BCUT2D eigenvalue weighted by Gasteiger charge is -2.06. The van der Waals surface area contributed by atoms with E-state index in [-0.39, 0.29) is 5.84 Å². The van der Waals surface area contributed by atoms with Gasteiger partial charge in [-0.05, 0) is 36.4 Å². The maximum absolute atomic E-state index is 9.41. The Morgan fingerprint density at radius 1 is 1.29 bits per heavy atom. The molecule has 0 fully saturated rings. The summed E-state index contributed by atoms with van der Waals surface area (Å²) >= 11 is 7.21. The first kappa shape index (κ1) is 13.7. The van der Waals surface area contributed by atoms with Crippen LogP contribution in [0.2, 0.25) is 5.02 Å². The van der Waals surface area contributed by atoms with Crippen LogP contribution in [0.25, 0.3) is 4.91 Å². The zero-order chi connectivity index (χ0) is 15.0. The molecule has 21 heavy (non-hydrogen) atoms. The van der Waals surface area contributed by atoms with Gasteiger partial charge in [0, 0.05) is 9.93 Å². The number of aryl methyl sites for hydroxylation is 1. The highest BCUT2D eigenvalue weighted by molar-refractivity contribution is 8.08. The van der Waals surface area contributed by atoms with E-state index in [0.29, 0.717) is 26.5 Å². The summed E-state index contributed by atoms with van der Waals surface area (Å²) in [7, 11) is 0. The topological polar surface area (TPSA) is 92.9 Å². The number of amidine groups is 1. The van der Waals surface area contributed by atoms with Gasteiger partial charge in [-0.3, -0.25) is 0 Å². The number of thioether (sulfide) groups is 1. The maximum Gasteiger partial charge on any atom is 0.216 e. The van der Waals surface area contributed by atoms with Crippen molar-refractivity contribution in [2.24, 2.45) is 10.8 Å². The number of fused-ring (bicyclic) bond motifs is 1. The van der Waals surface area contributed by atoms with Crippen LogP contribution in [0.3, 0.4) is 0 Å². The van der Waals surface area contributed by atoms with Crippen molar-refractivity contribution in [3.8, 4) is 6.07 Å². The molecule has 3 rings (SSSR count). The zero-order valence-corrected chi connectivity index (χ0v) is 12.5. The van der Waals surface area contributed by atoms with E-state index in [2.05, 4.69) is 21.4 Å². The minimum absolute atomic E-state index is 0.136. The molecule has 1 aromatic heterocycles. The van der Waals surface area contributed by atoms with Crippen LogP contribution >= 0.6 is 23.4 Å². The largest absolute Gasteiger partial charge is 0.381 e. The molecule has 104 valence electrons. The van der Waals surface area contributed by atoms with E-state index >= 15 is 0 Å². The van der Waals surface area contributed by atoms with Gasteiger partial charge in [0.1, 0.15) is 11.6 Å². The van der Waals surface area contributed by atoms with E-state index in [9.17, 15) is 5.26 Å². The van der Waals surface area contributed by atoms with Gasteiger partial charge >= 0.3 is 0 Å².